The first-order valence-electron chi connectivity index (χ1n) is 14.0. The third-order valence-corrected chi connectivity index (χ3v) is 7.36. The molecule has 0 spiro atoms. The number of hydrogen-bond acceptors (Lipinski definition) is 5. The molecule has 1 saturated heterocycles. The molecule has 1 amide bonds. The van der Waals surface area contributed by atoms with E-state index < -0.39 is 23.2 Å². The molecule has 232 valence electrons. The van der Waals surface area contributed by atoms with Crippen LogP contribution >= 0.6 is 0 Å². The molecule has 1 fully saturated rings. The Kier molecular flexibility index (Phi) is 9.91. The van der Waals surface area contributed by atoms with Crippen molar-refractivity contribution in [3.8, 4) is 0 Å². The van der Waals surface area contributed by atoms with Gasteiger partial charge in [0.1, 0.15) is 0 Å². The second-order valence-electron chi connectivity index (χ2n) is 10.7. The molecule has 1 aromatic heterocycles. The van der Waals surface area contributed by atoms with Crippen molar-refractivity contribution in [3.05, 3.63) is 82.8 Å². The molecule has 1 aliphatic rings. The number of aromatic nitrogens is 2. The standard InChI is InChI=1S/C31H36F5N5O2/c1-21(37-10-5-11-40-12-14-43-15-13-40)29(39(4)22(2)42)17-23-6-9-28-25(16-23)20-41(38-28)19-24-7-8-26(31(34,35)36)18-27(24)30(3,32)33/h6-9,16-18,20,37H,1,5,10-15,19H2,2-4H3/b29-17-. The number of carbonyl (C=O) groups excluding carboxylic acids is 1. The number of carbonyl (C=O) groups is 1. The fourth-order valence-corrected chi connectivity index (χ4v) is 4.91. The first-order valence-corrected chi connectivity index (χ1v) is 14.0. The van der Waals surface area contributed by atoms with E-state index in [9.17, 15) is 26.7 Å². The number of ether oxygens (including phenoxy) is 1. The zero-order valence-corrected chi connectivity index (χ0v) is 24.5. The predicted molar refractivity (Wildman–Crippen MR) is 155 cm³/mol. The second-order valence-corrected chi connectivity index (χ2v) is 10.7. The minimum atomic E-state index is -4.73. The van der Waals surface area contributed by atoms with Gasteiger partial charge in [0, 0.05) is 57.7 Å². The van der Waals surface area contributed by atoms with Crippen molar-refractivity contribution < 1.29 is 31.5 Å². The van der Waals surface area contributed by atoms with Crippen LogP contribution in [0.15, 0.2) is 60.6 Å². The van der Waals surface area contributed by atoms with Crippen LogP contribution in [0.3, 0.4) is 0 Å². The Morgan fingerprint density at radius 1 is 1.14 bits per heavy atom. The summed E-state index contributed by atoms with van der Waals surface area (Å²) in [4.78, 5) is 16.1. The van der Waals surface area contributed by atoms with Gasteiger partial charge in [-0.25, -0.2) is 8.78 Å². The lowest BCUT2D eigenvalue weighted by Gasteiger charge is -2.27. The third-order valence-electron chi connectivity index (χ3n) is 7.36. The van der Waals surface area contributed by atoms with Crippen LogP contribution in [0.5, 0.6) is 0 Å². The Morgan fingerprint density at radius 3 is 2.51 bits per heavy atom. The van der Waals surface area contributed by atoms with Gasteiger partial charge in [-0.3, -0.25) is 14.4 Å². The van der Waals surface area contributed by atoms with E-state index in [0.29, 0.717) is 41.8 Å². The van der Waals surface area contributed by atoms with E-state index in [-0.39, 0.29) is 18.0 Å². The summed E-state index contributed by atoms with van der Waals surface area (Å²) in [6.07, 6.45) is -0.371. The number of hydrogen-bond donors (Lipinski definition) is 1. The molecule has 0 atom stereocenters. The highest BCUT2D eigenvalue weighted by Gasteiger charge is 2.35. The Bertz CT molecular complexity index is 1490. The van der Waals surface area contributed by atoms with Gasteiger partial charge in [-0.1, -0.05) is 18.7 Å². The van der Waals surface area contributed by atoms with E-state index in [0.717, 1.165) is 57.0 Å². The lowest BCUT2D eigenvalue weighted by Crippen LogP contribution is -2.37. The molecule has 2 heterocycles. The molecule has 1 N–H and O–H groups in total. The molecule has 0 saturated carbocycles. The molecular weight excluding hydrogens is 569 g/mol. The molecule has 7 nitrogen and oxygen atoms in total. The first-order chi connectivity index (χ1) is 20.2. The van der Waals surface area contributed by atoms with Crippen molar-refractivity contribution in [1.82, 2.24) is 24.9 Å². The maximum Gasteiger partial charge on any atom is 0.416 e. The number of rotatable bonds is 11. The van der Waals surface area contributed by atoms with Gasteiger partial charge in [0.05, 0.1) is 42.2 Å². The van der Waals surface area contributed by atoms with E-state index >= 15 is 0 Å². The largest absolute Gasteiger partial charge is 0.416 e. The summed E-state index contributed by atoms with van der Waals surface area (Å²) in [6.45, 7) is 10.9. The predicted octanol–water partition coefficient (Wildman–Crippen LogP) is 5.86. The van der Waals surface area contributed by atoms with E-state index in [1.165, 1.54) is 16.5 Å². The molecule has 1 aliphatic heterocycles. The summed E-state index contributed by atoms with van der Waals surface area (Å²) in [5, 5.41) is 8.44. The van der Waals surface area contributed by atoms with E-state index in [2.05, 4.69) is 21.9 Å². The van der Waals surface area contributed by atoms with Gasteiger partial charge < -0.3 is 15.0 Å². The monoisotopic (exact) mass is 605 g/mol. The van der Waals surface area contributed by atoms with Crippen molar-refractivity contribution in [3.63, 3.8) is 0 Å². The van der Waals surface area contributed by atoms with Crippen molar-refractivity contribution in [2.45, 2.75) is 38.9 Å². The molecule has 3 aromatic rings. The third kappa shape index (κ3) is 8.41. The number of amides is 1. The fourth-order valence-electron chi connectivity index (χ4n) is 4.91. The van der Waals surface area contributed by atoms with Crippen LogP contribution in [0, 0.1) is 0 Å². The van der Waals surface area contributed by atoms with E-state index in [1.54, 1.807) is 19.3 Å². The highest BCUT2D eigenvalue weighted by atomic mass is 19.4. The van der Waals surface area contributed by atoms with Crippen LogP contribution in [0.4, 0.5) is 22.0 Å². The highest BCUT2D eigenvalue weighted by Crippen LogP contribution is 2.36. The van der Waals surface area contributed by atoms with Gasteiger partial charge in [0.2, 0.25) is 5.91 Å². The quantitative estimate of drug-likeness (QED) is 0.169. The zero-order chi connectivity index (χ0) is 31.4. The van der Waals surface area contributed by atoms with Gasteiger partial charge in [-0.05, 0) is 54.4 Å². The zero-order valence-electron chi connectivity index (χ0n) is 24.5. The minimum absolute atomic E-state index is 0.0368. The number of fused-ring (bicyclic) bond motifs is 1. The van der Waals surface area contributed by atoms with E-state index in [4.69, 9.17) is 4.74 Å². The summed E-state index contributed by atoms with van der Waals surface area (Å²) in [5.74, 6) is -3.64. The smallest absolute Gasteiger partial charge is 0.384 e. The molecule has 0 unspecified atom stereocenters. The van der Waals surface area contributed by atoms with Crippen molar-refractivity contribution in [1.29, 1.82) is 0 Å². The Labute approximate surface area is 247 Å². The van der Waals surface area contributed by atoms with Crippen LogP contribution in [-0.4, -0.2) is 71.9 Å². The Morgan fingerprint density at radius 2 is 1.86 bits per heavy atom. The van der Waals surface area contributed by atoms with Crippen LogP contribution in [0.1, 0.15) is 42.5 Å². The van der Waals surface area contributed by atoms with Crippen LogP contribution < -0.4 is 5.32 Å². The molecule has 12 heteroatoms. The molecule has 0 bridgehead atoms. The van der Waals surface area contributed by atoms with Crippen molar-refractivity contribution in [2.75, 3.05) is 46.4 Å². The maximum absolute atomic E-state index is 14.3. The average Bonchev–Trinajstić information content (AvgIpc) is 3.34. The number of nitrogens with one attached hydrogen (secondary N) is 1. The lowest BCUT2D eigenvalue weighted by molar-refractivity contribution is -0.137. The lowest BCUT2D eigenvalue weighted by atomic mass is 9.99. The minimum Gasteiger partial charge on any atom is -0.384 e. The van der Waals surface area contributed by atoms with E-state index in [1.807, 2.05) is 18.2 Å². The average molecular weight is 606 g/mol. The summed E-state index contributed by atoms with van der Waals surface area (Å²) >= 11 is 0. The number of benzene rings is 2. The number of likely N-dealkylation sites (N-methyl/N-ethyl adjacent to an activating group) is 1. The second kappa shape index (κ2) is 13.3. The SMILES string of the molecule is C=C(NCCCN1CCOCC1)/C(=C/c1ccc2nn(Cc3ccc(C(F)(F)F)cc3C(C)(F)F)cc2c1)N(C)C(C)=O. The molecule has 43 heavy (non-hydrogen) atoms. The molecule has 2 aromatic carbocycles. The van der Waals surface area contributed by atoms with Crippen LogP contribution in [0.25, 0.3) is 17.0 Å². The topological polar surface area (TPSA) is 62.6 Å². The molecule has 4 rings (SSSR count). The Balaban J connectivity index is 1.53. The summed E-state index contributed by atoms with van der Waals surface area (Å²) in [7, 11) is 1.66. The number of halogens is 5. The summed E-state index contributed by atoms with van der Waals surface area (Å²) < 4.78 is 74.9. The van der Waals surface area contributed by atoms with Crippen molar-refractivity contribution in [2.24, 2.45) is 0 Å². The van der Waals surface area contributed by atoms with Gasteiger partial charge in [0.25, 0.3) is 5.92 Å². The van der Waals surface area contributed by atoms with Gasteiger partial charge >= 0.3 is 6.18 Å². The first kappa shape index (κ1) is 32.2. The van der Waals surface area contributed by atoms with Gasteiger partial charge in [0.15, 0.2) is 0 Å². The van der Waals surface area contributed by atoms with Crippen molar-refractivity contribution >= 4 is 22.9 Å². The number of morpholine rings is 1. The number of alkyl halides is 5. The fraction of sp³-hybridized carbons (Fsp3) is 0.419. The molecule has 0 radical (unpaired) electrons. The highest BCUT2D eigenvalue weighted by molar-refractivity contribution is 5.83. The molecular formula is C31H36F5N5O2. The molecule has 0 aliphatic carbocycles. The van der Waals surface area contributed by atoms with Crippen LogP contribution in [-0.2, 0) is 28.2 Å². The van der Waals surface area contributed by atoms with Crippen LogP contribution in [0.2, 0.25) is 0 Å². The Hall–Kier alpha value is -3.77. The summed E-state index contributed by atoms with van der Waals surface area (Å²) in [5.41, 5.74) is 0.718. The van der Waals surface area contributed by atoms with Gasteiger partial charge in [-0.15, -0.1) is 0 Å². The normalized spacial score (nSPS) is 15.1. The van der Waals surface area contributed by atoms with Gasteiger partial charge in [-0.2, -0.15) is 18.3 Å². The summed E-state index contributed by atoms with van der Waals surface area (Å²) in [6, 6.07) is 7.76. The number of nitrogens with zero attached hydrogens (tertiary/aromatic N) is 4. The maximum atomic E-state index is 14.3.